The van der Waals surface area contributed by atoms with Gasteiger partial charge in [0.2, 0.25) is 0 Å². The Hall–Kier alpha value is -3.76. The first-order chi connectivity index (χ1) is 15.9. The van der Waals surface area contributed by atoms with Gasteiger partial charge in [0.1, 0.15) is 18.2 Å². The van der Waals surface area contributed by atoms with E-state index in [-0.39, 0.29) is 16.3 Å². The van der Waals surface area contributed by atoms with Crippen LogP contribution in [0.3, 0.4) is 0 Å². The highest BCUT2D eigenvalue weighted by atomic mass is 32.2. The van der Waals surface area contributed by atoms with Crippen LogP contribution in [0.15, 0.2) is 88.6 Å². The zero-order chi connectivity index (χ0) is 23.3. The van der Waals surface area contributed by atoms with Gasteiger partial charge in [0.25, 0.3) is 15.9 Å². The van der Waals surface area contributed by atoms with Crippen molar-refractivity contribution in [2.24, 2.45) is 0 Å². The van der Waals surface area contributed by atoms with Gasteiger partial charge in [-0.3, -0.25) is 9.52 Å². The summed E-state index contributed by atoms with van der Waals surface area (Å²) in [5.74, 6) is -0.519. The molecule has 10 heteroatoms. The molecule has 0 atom stereocenters. The topological polar surface area (TPSA) is 97.4 Å². The Morgan fingerprint density at radius 1 is 1.03 bits per heavy atom. The molecule has 4 rings (SSSR count). The Morgan fingerprint density at radius 3 is 2.55 bits per heavy atom. The number of para-hydroxylation sites is 1. The Kier molecular flexibility index (Phi) is 6.66. The van der Waals surface area contributed by atoms with Crippen LogP contribution in [0.2, 0.25) is 0 Å². The average Bonchev–Trinajstić information content (AvgIpc) is 3.33. The fourth-order valence-corrected chi connectivity index (χ4v) is 4.52. The molecular formula is C23H18FN3O4S2. The summed E-state index contributed by atoms with van der Waals surface area (Å²) >= 11 is 1.48. The van der Waals surface area contributed by atoms with Crippen LogP contribution in [0.1, 0.15) is 16.1 Å². The molecule has 0 spiro atoms. The molecule has 0 fully saturated rings. The molecule has 33 heavy (non-hydrogen) atoms. The molecule has 0 aliphatic rings. The summed E-state index contributed by atoms with van der Waals surface area (Å²) in [5, 5.41) is 4.56. The lowest BCUT2D eigenvalue weighted by molar-refractivity contribution is 0.102. The summed E-state index contributed by atoms with van der Waals surface area (Å²) in [4.78, 5) is 16.6. The van der Waals surface area contributed by atoms with Crippen molar-refractivity contribution in [1.29, 1.82) is 0 Å². The normalized spacial score (nSPS) is 11.1. The second-order valence-electron chi connectivity index (χ2n) is 6.86. The van der Waals surface area contributed by atoms with Gasteiger partial charge in [0, 0.05) is 16.6 Å². The second-order valence-corrected chi connectivity index (χ2v) is 9.26. The zero-order valence-corrected chi connectivity index (χ0v) is 18.7. The number of benzene rings is 3. The number of hydrogen-bond donors (Lipinski definition) is 2. The third-order valence-corrected chi connectivity index (χ3v) is 6.51. The molecule has 0 saturated carbocycles. The summed E-state index contributed by atoms with van der Waals surface area (Å²) in [7, 11) is -4.05. The number of thiazole rings is 1. The van der Waals surface area contributed by atoms with Gasteiger partial charge >= 0.3 is 0 Å². The molecule has 3 aromatic carbocycles. The quantitative estimate of drug-likeness (QED) is 0.371. The molecule has 0 saturated heterocycles. The van der Waals surface area contributed by atoms with E-state index in [1.165, 1.54) is 47.7 Å². The first-order valence-electron chi connectivity index (χ1n) is 9.69. The summed E-state index contributed by atoms with van der Waals surface area (Å²) in [5.41, 5.74) is 3.03. The molecule has 7 nitrogen and oxygen atoms in total. The molecule has 0 aliphatic carbocycles. The number of anilines is 2. The molecular weight excluding hydrogens is 465 g/mol. The average molecular weight is 484 g/mol. The number of sulfonamides is 1. The minimum absolute atomic E-state index is 0.116. The number of carbonyl (C=O) groups is 1. The minimum Gasteiger partial charge on any atom is -0.487 e. The van der Waals surface area contributed by atoms with Crippen molar-refractivity contribution < 1.29 is 22.3 Å². The number of carbonyl (C=O) groups excluding carboxylic acids is 1. The molecule has 1 aromatic heterocycles. The lowest BCUT2D eigenvalue weighted by Gasteiger charge is -2.11. The molecule has 168 valence electrons. The van der Waals surface area contributed by atoms with Crippen LogP contribution in [-0.2, 0) is 16.6 Å². The third kappa shape index (κ3) is 5.73. The van der Waals surface area contributed by atoms with Crippen molar-refractivity contribution in [1.82, 2.24) is 4.98 Å². The predicted molar refractivity (Wildman–Crippen MR) is 124 cm³/mol. The smallest absolute Gasteiger partial charge is 0.262 e. The van der Waals surface area contributed by atoms with Gasteiger partial charge in [-0.15, -0.1) is 11.3 Å². The van der Waals surface area contributed by atoms with Crippen LogP contribution in [0.4, 0.5) is 15.8 Å². The number of hydrogen-bond acceptors (Lipinski definition) is 6. The van der Waals surface area contributed by atoms with E-state index in [2.05, 4.69) is 15.0 Å². The Bertz CT molecular complexity index is 1360. The highest BCUT2D eigenvalue weighted by molar-refractivity contribution is 7.92. The molecule has 0 aliphatic heterocycles. The number of aromatic nitrogens is 1. The predicted octanol–water partition coefficient (Wildman–Crippen LogP) is 4.91. The van der Waals surface area contributed by atoms with Gasteiger partial charge in [0.05, 0.1) is 21.8 Å². The second kappa shape index (κ2) is 9.80. The maximum absolute atomic E-state index is 13.8. The molecule has 2 N–H and O–H groups in total. The summed E-state index contributed by atoms with van der Waals surface area (Å²) in [6.45, 7) is 0.331. The van der Waals surface area contributed by atoms with Gasteiger partial charge in [-0.2, -0.15) is 0 Å². The van der Waals surface area contributed by atoms with Gasteiger partial charge < -0.3 is 10.1 Å². The van der Waals surface area contributed by atoms with Crippen LogP contribution >= 0.6 is 11.3 Å². The number of amides is 1. The van der Waals surface area contributed by atoms with E-state index < -0.39 is 21.7 Å². The van der Waals surface area contributed by atoms with Crippen LogP contribution in [0.5, 0.6) is 5.75 Å². The van der Waals surface area contributed by atoms with Crippen LogP contribution in [-0.4, -0.2) is 19.3 Å². The highest BCUT2D eigenvalue weighted by Gasteiger charge is 2.17. The summed E-state index contributed by atoms with van der Waals surface area (Å²) in [6.07, 6.45) is 0. The van der Waals surface area contributed by atoms with E-state index in [0.717, 1.165) is 11.8 Å². The van der Waals surface area contributed by atoms with Crippen LogP contribution in [0.25, 0.3) is 0 Å². The van der Waals surface area contributed by atoms with Crippen molar-refractivity contribution in [2.45, 2.75) is 11.5 Å². The van der Waals surface area contributed by atoms with Crippen LogP contribution in [0, 0.1) is 5.82 Å². The summed E-state index contributed by atoms with van der Waals surface area (Å²) < 4.78 is 46.9. The number of rotatable bonds is 8. The third-order valence-electron chi connectivity index (χ3n) is 4.51. The SMILES string of the molecule is O=C(Nc1cccc(S(=O)(=O)Nc2ccccc2F)c1)c1ccc(OCc2cscn2)cc1. The van der Waals surface area contributed by atoms with Gasteiger partial charge in [-0.1, -0.05) is 18.2 Å². The van der Waals surface area contributed by atoms with E-state index in [0.29, 0.717) is 17.9 Å². The molecule has 0 radical (unpaired) electrons. The van der Waals surface area contributed by atoms with Crippen molar-refractivity contribution in [3.8, 4) is 5.75 Å². The van der Waals surface area contributed by atoms with Crippen molar-refractivity contribution in [2.75, 3.05) is 10.0 Å². The zero-order valence-electron chi connectivity index (χ0n) is 17.1. The largest absolute Gasteiger partial charge is 0.487 e. The first-order valence-corrected chi connectivity index (χ1v) is 12.1. The number of halogens is 1. The monoisotopic (exact) mass is 483 g/mol. The fourth-order valence-electron chi connectivity index (χ4n) is 2.86. The standard InChI is InChI=1S/C23H18FN3O4S2/c24-21-6-1-2-7-22(21)27-33(29,30)20-5-3-4-17(12-20)26-23(28)16-8-10-19(11-9-16)31-13-18-14-32-15-25-18/h1-12,14-15,27H,13H2,(H,26,28). The minimum atomic E-state index is -4.05. The molecule has 0 bridgehead atoms. The molecule has 1 amide bonds. The fraction of sp³-hybridized carbons (Fsp3) is 0.0435. The van der Waals surface area contributed by atoms with E-state index in [9.17, 15) is 17.6 Å². The Balaban J connectivity index is 1.42. The Labute approximate surface area is 193 Å². The molecule has 4 aromatic rings. The maximum atomic E-state index is 13.8. The lowest BCUT2D eigenvalue weighted by atomic mass is 10.2. The maximum Gasteiger partial charge on any atom is 0.262 e. The van der Waals surface area contributed by atoms with E-state index in [4.69, 9.17) is 4.74 Å². The number of nitrogens with zero attached hydrogens (tertiary/aromatic N) is 1. The van der Waals surface area contributed by atoms with Gasteiger partial charge in [-0.25, -0.2) is 17.8 Å². The highest BCUT2D eigenvalue weighted by Crippen LogP contribution is 2.22. The molecule has 0 unspecified atom stereocenters. The van der Waals surface area contributed by atoms with Crippen molar-refractivity contribution in [3.63, 3.8) is 0 Å². The van der Waals surface area contributed by atoms with E-state index >= 15 is 0 Å². The Morgan fingerprint density at radius 2 is 1.82 bits per heavy atom. The first kappa shape index (κ1) is 22.4. The van der Waals surface area contributed by atoms with Crippen molar-refractivity contribution in [3.05, 3.63) is 101 Å². The van der Waals surface area contributed by atoms with Gasteiger partial charge in [0.15, 0.2) is 0 Å². The van der Waals surface area contributed by atoms with Gasteiger partial charge in [-0.05, 0) is 54.6 Å². The van der Waals surface area contributed by atoms with Crippen molar-refractivity contribution >= 4 is 38.6 Å². The van der Waals surface area contributed by atoms with E-state index in [1.807, 2.05) is 5.38 Å². The van der Waals surface area contributed by atoms with E-state index in [1.54, 1.807) is 35.8 Å². The lowest BCUT2D eigenvalue weighted by Crippen LogP contribution is -2.15. The number of nitrogens with one attached hydrogen (secondary N) is 2. The molecule has 1 heterocycles. The number of ether oxygens (including phenoxy) is 1. The van der Waals surface area contributed by atoms with Crippen LogP contribution < -0.4 is 14.8 Å². The summed E-state index contributed by atoms with van der Waals surface area (Å²) in [6, 6.07) is 17.7.